The third kappa shape index (κ3) is 4.34. The topological polar surface area (TPSA) is 66.5 Å². The maximum absolute atomic E-state index is 12.7. The zero-order chi connectivity index (χ0) is 19.6. The number of rotatable bonds is 5. The van der Waals surface area contributed by atoms with Crippen molar-refractivity contribution < 1.29 is 13.2 Å². The van der Waals surface area contributed by atoms with E-state index in [0.29, 0.717) is 24.7 Å². The van der Waals surface area contributed by atoms with Crippen LogP contribution in [0.3, 0.4) is 0 Å². The summed E-state index contributed by atoms with van der Waals surface area (Å²) in [5.41, 5.74) is 1.95. The first kappa shape index (κ1) is 19.9. The number of amides is 1. The fourth-order valence-corrected chi connectivity index (χ4v) is 4.81. The number of nitrogens with one attached hydrogen (secondary N) is 1. The lowest BCUT2D eigenvalue weighted by Gasteiger charge is -2.16. The molecule has 0 aromatic heterocycles. The lowest BCUT2D eigenvalue weighted by Crippen LogP contribution is -2.28. The number of halogens is 1. The molecule has 7 heteroatoms. The SMILES string of the molecule is CC(C)c1ccc(NC(=O)c2cc(S(=O)(=O)N3CCCC3)ccc2Cl)cc1. The summed E-state index contributed by atoms with van der Waals surface area (Å²) in [4.78, 5) is 12.7. The summed E-state index contributed by atoms with van der Waals surface area (Å²) in [6.07, 6.45) is 1.71. The Balaban J connectivity index is 1.84. The highest BCUT2D eigenvalue weighted by Crippen LogP contribution is 2.26. The Morgan fingerprint density at radius 3 is 2.30 bits per heavy atom. The van der Waals surface area contributed by atoms with Gasteiger partial charge in [0.05, 0.1) is 15.5 Å². The summed E-state index contributed by atoms with van der Waals surface area (Å²) in [6.45, 7) is 5.21. The second kappa shape index (κ2) is 8.00. The third-order valence-corrected chi connectivity index (χ3v) is 6.94. The van der Waals surface area contributed by atoms with Gasteiger partial charge in [0.1, 0.15) is 0 Å². The van der Waals surface area contributed by atoms with E-state index in [-0.39, 0.29) is 15.5 Å². The average Bonchev–Trinajstić information content (AvgIpc) is 3.18. The van der Waals surface area contributed by atoms with Crippen LogP contribution in [0.15, 0.2) is 47.4 Å². The molecule has 1 aliphatic heterocycles. The number of nitrogens with zero attached hydrogens (tertiary/aromatic N) is 1. The van der Waals surface area contributed by atoms with Crippen LogP contribution in [-0.2, 0) is 10.0 Å². The minimum absolute atomic E-state index is 0.0918. The van der Waals surface area contributed by atoms with Gasteiger partial charge in [-0.05, 0) is 54.7 Å². The molecule has 144 valence electrons. The monoisotopic (exact) mass is 406 g/mol. The predicted octanol–water partition coefficient (Wildman–Crippen LogP) is 4.50. The van der Waals surface area contributed by atoms with Crippen molar-refractivity contribution in [2.24, 2.45) is 0 Å². The van der Waals surface area contributed by atoms with Crippen LogP contribution in [0.1, 0.15) is 48.5 Å². The predicted molar refractivity (Wildman–Crippen MR) is 108 cm³/mol. The molecular weight excluding hydrogens is 384 g/mol. The molecule has 0 spiro atoms. The number of carbonyl (C=O) groups excluding carboxylic acids is 1. The lowest BCUT2D eigenvalue weighted by molar-refractivity contribution is 0.102. The minimum Gasteiger partial charge on any atom is -0.322 e. The van der Waals surface area contributed by atoms with Gasteiger partial charge in [-0.1, -0.05) is 37.6 Å². The van der Waals surface area contributed by atoms with E-state index in [9.17, 15) is 13.2 Å². The minimum atomic E-state index is -3.60. The first-order chi connectivity index (χ1) is 12.8. The van der Waals surface area contributed by atoms with Gasteiger partial charge in [0, 0.05) is 18.8 Å². The van der Waals surface area contributed by atoms with Gasteiger partial charge in [-0.15, -0.1) is 0 Å². The van der Waals surface area contributed by atoms with E-state index in [4.69, 9.17) is 11.6 Å². The van der Waals surface area contributed by atoms with Crippen molar-refractivity contribution in [1.82, 2.24) is 4.31 Å². The number of hydrogen-bond donors (Lipinski definition) is 1. The summed E-state index contributed by atoms with van der Waals surface area (Å²) < 4.78 is 26.9. The quantitative estimate of drug-likeness (QED) is 0.794. The summed E-state index contributed by atoms with van der Waals surface area (Å²) in [5.74, 6) is -0.0348. The Bertz CT molecular complexity index is 934. The van der Waals surface area contributed by atoms with Crippen molar-refractivity contribution in [2.75, 3.05) is 18.4 Å². The average molecular weight is 407 g/mol. The van der Waals surface area contributed by atoms with Crippen molar-refractivity contribution in [3.8, 4) is 0 Å². The molecule has 5 nitrogen and oxygen atoms in total. The Morgan fingerprint density at radius 1 is 1.07 bits per heavy atom. The fraction of sp³-hybridized carbons (Fsp3) is 0.350. The van der Waals surface area contributed by atoms with Crippen molar-refractivity contribution >= 4 is 33.2 Å². The summed E-state index contributed by atoms with van der Waals surface area (Å²) in [7, 11) is -3.60. The highest BCUT2D eigenvalue weighted by Gasteiger charge is 2.28. The Kier molecular flexibility index (Phi) is 5.89. The number of benzene rings is 2. The molecule has 3 rings (SSSR count). The summed E-state index contributed by atoms with van der Waals surface area (Å²) in [6, 6.07) is 11.8. The lowest BCUT2D eigenvalue weighted by atomic mass is 10.0. The molecular formula is C20H23ClN2O3S. The van der Waals surface area contributed by atoms with Crippen molar-refractivity contribution in [2.45, 2.75) is 37.5 Å². The second-order valence-corrected chi connectivity index (χ2v) is 9.33. The van der Waals surface area contributed by atoms with Gasteiger partial charge in [-0.3, -0.25) is 4.79 Å². The number of anilines is 1. The van der Waals surface area contributed by atoms with Gasteiger partial charge in [0.15, 0.2) is 0 Å². The largest absolute Gasteiger partial charge is 0.322 e. The van der Waals surface area contributed by atoms with E-state index in [1.54, 1.807) is 0 Å². The van der Waals surface area contributed by atoms with Gasteiger partial charge in [-0.25, -0.2) is 8.42 Å². The van der Waals surface area contributed by atoms with Gasteiger partial charge < -0.3 is 5.32 Å². The van der Waals surface area contributed by atoms with E-state index in [0.717, 1.165) is 12.8 Å². The molecule has 0 aliphatic carbocycles. The van der Waals surface area contributed by atoms with Crippen LogP contribution in [0.4, 0.5) is 5.69 Å². The molecule has 1 saturated heterocycles. The van der Waals surface area contributed by atoms with Crippen LogP contribution in [0, 0.1) is 0 Å². The third-order valence-electron chi connectivity index (χ3n) is 4.72. The van der Waals surface area contributed by atoms with E-state index >= 15 is 0 Å². The Hall–Kier alpha value is -1.89. The molecule has 1 fully saturated rings. The number of sulfonamides is 1. The molecule has 0 bridgehead atoms. The highest BCUT2D eigenvalue weighted by atomic mass is 35.5. The van der Waals surface area contributed by atoms with Crippen LogP contribution >= 0.6 is 11.6 Å². The smallest absolute Gasteiger partial charge is 0.257 e. The standard InChI is InChI=1S/C20H23ClN2O3S/c1-14(2)15-5-7-16(8-6-15)22-20(24)18-13-17(9-10-19(18)21)27(25,26)23-11-3-4-12-23/h5-10,13-14H,3-4,11-12H2,1-2H3,(H,22,24). The Morgan fingerprint density at radius 2 is 1.70 bits per heavy atom. The van der Waals surface area contributed by atoms with Gasteiger partial charge in [0.25, 0.3) is 5.91 Å². The zero-order valence-electron chi connectivity index (χ0n) is 15.4. The maximum Gasteiger partial charge on any atom is 0.257 e. The van der Waals surface area contributed by atoms with Gasteiger partial charge in [-0.2, -0.15) is 4.31 Å². The molecule has 1 N–H and O–H groups in total. The zero-order valence-corrected chi connectivity index (χ0v) is 17.0. The molecule has 27 heavy (non-hydrogen) atoms. The van der Waals surface area contributed by atoms with Crippen LogP contribution in [-0.4, -0.2) is 31.7 Å². The molecule has 0 saturated carbocycles. The highest BCUT2D eigenvalue weighted by molar-refractivity contribution is 7.89. The normalized spacial score (nSPS) is 15.3. The van der Waals surface area contributed by atoms with Gasteiger partial charge in [0.2, 0.25) is 10.0 Å². The van der Waals surface area contributed by atoms with Crippen LogP contribution < -0.4 is 5.32 Å². The molecule has 0 atom stereocenters. The summed E-state index contributed by atoms with van der Waals surface area (Å²) in [5, 5.41) is 3.00. The molecule has 2 aromatic carbocycles. The fourth-order valence-electron chi connectivity index (χ4n) is 3.07. The van der Waals surface area contributed by atoms with E-state index in [1.807, 2.05) is 24.3 Å². The molecule has 0 radical (unpaired) electrons. The van der Waals surface area contributed by atoms with Crippen LogP contribution in [0.5, 0.6) is 0 Å². The number of carbonyl (C=O) groups is 1. The van der Waals surface area contributed by atoms with Crippen LogP contribution in [0.25, 0.3) is 0 Å². The Labute approximate surface area is 165 Å². The van der Waals surface area contributed by atoms with E-state index < -0.39 is 15.9 Å². The molecule has 1 heterocycles. The second-order valence-electron chi connectivity index (χ2n) is 6.98. The molecule has 1 aliphatic rings. The molecule has 1 amide bonds. The first-order valence-electron chi connectivity index (χ1n) is 9.00. The maximum atomic E-state index is 12.7. The summed E-state index contributed by atoms with van der Waals surface area (Å²) >= 11 is 6.16. The van der Waals surface area contributed by atoms with E-state index in [1.165, 1.54) is 28.1 Å². The number of hydrogen-bond acceptors (Lipinski definition) is 3. The molecule has 0 unspecified atom stereocenters. The van der Waals surface area contributed by atoms with Gasteiger partial charge >= 0.3 is 0 Å². The van der Waals surface area contributed by atoms with E-state index in [2.05, 4.69) is 19.2 Å². The van der Waals surface area contributed by atoms with Crippen molar-refractivity contribution in [1.29, 1.82) is 0 Å². The molecule has 2 aromatic rings. The van der Waals surface area contributed by atoms with Crippen LogP contribution in [0.2, 0.25) is 5.02 Å². The van der Waals surface area contributed by atoms with Crippen molar-refractivity contribution in [3.05, 3.63) is 58.6 Å². The first-order valence-corrected chi connectivity index (χ1v) is 10.8. The van der Waals surface area contributed by atoms with Crippen molar-refractivity contribution in [3.63, 3.8) is 0 Å².